The number of hydrogen-bond acceptors (Lipinski definition) is 2. The molecule has 0 saturated heterocycles. The number of carboxylic acids is 1. The summed E-state index contributed by atoms with van der Waals surface area (Å²) in [5.74, 6) is -1.02. The number of rotatable bonds is 3. The quantitative estimate of drug-likeness (QED) is 0.836. The molecule has 1 rings (SSSR count). The molecule has 3 nitrogen and oxygen atoms in total. The van der Waals surface area contributed by atoms with Crippen LogP contribution in [0.25, 0.3) is 0 Å². The summed E-state index contributed by atoms with van der Waals surface area (Å²) in [5, 5.41) is 8.77. The Labute approximate surface area is 87.5 Å². The average molecular weight is 212 g/mol. The van der Waals surface area contributed by atoms with E-state index in [-0.39, 0.29) is 5.56 Å². The van der Waals surface area contributed by atoms with Crippen molar-refractivity contribution in [3.8, 4) is 5.75 Å². The van der Waals surface area contributed by atoms with Gasteiger partial charge in [0, 0.05) is 5.56 Å². The van der Waals surface area contributed by atoms with Crippen molar-refractivity contribution < 1.29 is 19.0 Å². The van der Waals surface area contributed by atoms with Crippen molar-refractivity contribution in [2.75, 3.05) is 7.11 Å². The highest BCUT2D eigenvalue weighted by Gasteiger charge is 2.36. The van der Waals surface area contributed by atoms with Crippen molar-refractivity contribution in [1.29, 1.82) is 0 Å². The standard InChI is InChI=1S/C11H13FO3/c1-7-8(11(2,12)10(13)14)5-4-6-9(7)15-3/h4-6H,1-3H3,(H,13,14). The summed E-state index contributed by atoms with van der Waals surface area (Å²) >= 11 is 0. The van der Waals surface area contributed by atoms with E-state index >= 15 is 0 Å². The van der Waals surface area contributed by atoms with E-state index in [1.807, 2.05) is 0 Å². The Morgan fingerprint density at radius 2 is 2.13 bits per heavy atom. The molecule has 0 amide bonds. The number of alkyl halides is 1. The predicted molar refractivity (Wildman–Crippen MR) is 53.8 cm³/mol. The summed E-state index contributed by atoms with van der Waals surface area (Å²) in [6, 6.07) is 4.69. The molecular weight excluding hydrogens is 199 g/mol. The van der Waals surface area contributed by atoms with Gasteiger partial charge in [-0.3, -0.25) is 0 Å². The fourth-order valence-electron chi connectivity index (χ4n) is 1.46. The van der Waals surface area contributed by atoms with Crippen LogP contribution < -0.4 is 4.74 Å². The molecule has 82 valence electrons. The first-order valence-corrected chi connectivity index (χ1v) is 4.47. The molecule has 4 heteroatoms. The van der Waals surface area contributed by atoms with E-state index in [2.05, 4.69) is 0 Å². The lowest BCUT2D eigenvalue weighted by Gasteiger charge is -2.19. The maximum atomic E-state index is 13.9. The monoisotopic (exact) mass is 212 g/mol. The van der Waals surface area contributed by atoms with Gasteiger partial charge in [-0.25, -0.2) is 9.18 Å². The molecule has 0 heterocycles. The van der Waals surface area contributed by atoms with E-state index in [1.54, 1.807) is 19.1 Å². The maximum absolute atomic E-state index is 13.9. The largest absolute Gasteiger partial charge is 0.496 e. The molecule has 0 aliphatic heterocycles. The van der Waals surface area contributed by atoms with Crippen molar-refractivity contribution in [2.24, 2.45) is 0 Å². The second-order valence-corrected chi connectivity index (χ2v) is 3.44. The molecule has 1 unspecified atom stereocenters. The number of carboxylic acid groups (broad SMARTS) is 1. The minimum atomic E-state index is -2.39. The Morgan fingerprint density at radius 3 is 2.60 bits per heavy atom. The molecule has 0 aliphatic rings. The molecule has 1 atom stereocenters. The van der Waals surface area contributed by atoms with Crippen LogP contribution in [0.5, 0.6) is 5.75 Å². The van der Waals surface area contributed by atoms with E-state index < -0.39 is 11.6 Å². The van der Waals surface area contributed by atoms with Crippen LogP contribution in [0.4, 0.5) is 4.39 Å². The number of methoxy groups -OCH3 is 1. The van der Waals surface area contributed by atoms with Gasteiger partial charge in [-0.1, -0.05) is 12.1 Å². The first kappa shape index (κ1) is 11.5. The summed E-state index contributed by atoms with van der Waals surface area (Å²) in [6.07, 6.45) is 0. The molecule has 0 aliphatic carbocycles. The van der Waals surface area contributed by atoms with Crippen LogP contribution in [-0.4, -0.2) is 18.2 Å². The number of benzene rings is 1. The SMILES string of the molecule is COc1cccc(C(C)(F)C(=O)O)c1C. The van der Waals surface area contributed by atoms with Gasteiger partial charge in [-0.2, -0.15) is 0 Å². The van der Waals surface area contributed by atoms with Gasteiger partial charge in [0.25, 0.3) is 0 Å². The zero-order chi connectivity index (χ0) is 11.6. The zero-order valence-corrected chi connectivity index (χ0v) is 8.87. The molecule has 0 saturated carbocycles. The maximum Gasteiger partial charge on any atom is 0.345 e. The lowest BCUT2D eigenvalue weighted by atomic mass is 9.93. The number of carbonyl (C=O) groups is 1. The Kier molecular flexibility index (Phi) is 2.98. The molecule has 1 aromatic rings. The number of aliphatic carboxylic acids is 1. The third kappa shape index (κ3) is 1.93. The Bertz CT molecular complexity index is 385. The summed E-state index contributed by atoms with van der Waals surface area (Å²) in [6.45, 7) is 2.66. The second kappa shape index (κ2) is 3.88. The van der Waals surface area contributed by atoms with Gasteiger partial charge in [0.1, 0.15) is 5.75 Å². The van der Waals surface area contributed by atoms with E-state index in [9.17, 15) is 9.18 Å². The second-order valence-electron chi connectivity index (χ2n) is 3.44. The minimum absolute atomic E-state index is 0.120. The third-order valence-corrected chi connectivity index (χ3v) is 2.41. The Balaban J connectivity index is 3.32. The molecule has 15 heavy (non-hydrogen) atoms. The first-order chi connectivity index (χ1) is 6.91. The van der Waals surface area contributed by atoms with Crippen molar-refractivity contribution in [3.05, 3.63) is 29.3 Å². The van der Waals surface area contributed by atoms with Crippen molar-refractivity contribution in [2.45, 2.75) is 19.5 Å². The fourth-order valence-corrected chi connectivity index (χ4v) is 1.46. The highest BCUT2D eigenvalue weighted by molar-refractivity contribution is 5.79. The summed E-state index contributed by atoms with van der Waals surface area (Å²) in [5.41, 5.74) is -1.76. The molecule has 1 aromatic carbocycles. The number of halogens is 1. The topological polar surface area (TPSA) is 46.5 Å². The molecule has 0 fully saturated rings. The summed E-state index contributed by atoms with van der Waals surface area (Å²) in [4.78, 5) is 10.8. The molecular formula is C11H13FO3. The predicted octanol–water partition coefficient (Wildman–Crippen LogP) is 2.27. The minimum Gasteiger partial charge on any atom is -0.496 e. The van der Waals surface area contributed by atoms with Gasteiger partial charge in [0.2, 0.25) is 5.67 Å². The van der Waals surface area contributed by atoms with Gasteiger partial charge >= 0.3 is 5.97 Å². The van der Waals surface area contributed by atoms with E-state index in [4.69, 9.17) is 9.84 Å². The number of ether oxygens (including phenoxy) is 1. The van der Waals surface area contributed by atoms with Gasteiger partial charge in [-0.05, 0) is 25.5 Å². The molecule has 0 radical (unpaired) electrons. The lowest BCUT2D eigenvalue weighted by molar-refractivity contribution is -0.150. The van der Waals surface area contributed by atoms with Crippen LogP contribution in [0.1, 0.15) is 18.1 Å². The van der Waals surface area contributed by atoms with E-state index in [0.29, 0.717) is 11.3 Å². The smallest absolute Gasteiger partial charge is 0.345 e. The van der Waals surface area contributed by atoms with Crippen molar-refractivity contribution in [1.82, 2.24) is 0 Å². The highest BCUT2D eigenvalue weighted by atomic mass is 19.1. The van der Waals surface area contributed by atoms with E-state index in [1.165, 1.54) is 13.2 Å². The molecule has 0 aromatic heterocycles. The van der Waals surface area contributed by atoms with Crippen LogP contribution in [0.15, 0.2) is 18.2 Å². The van der Waals surface area contributed by atoms with Crippen LogP contribution in [-0.2, 0) is 10.5 Å². The highest BCUT2D eigenvalue weighted by Crippen LogP contribution is 2.32. The van der Waals surface area contributed by atoms with Crippen LogP contribution in [0.3, 0.4) is 0 Å². The van der Waals surface area contributed by atoms with Crippen molar-refractivity contribution >= 4 is 5.97 Å². The van der Waals surface area contributed by atoms with Gasteiger partial charge < -0.3 is 9.84 Å². The summed E-state index contributed by atoms with van der Waals surface area (Å²) < 4.78 is 18.9. The normalized spacial score (nSPS) is 14.4. The average Bonchev–Trinajstić information content (AvgIpc) is 2.17. The van der Waals surface area contributed by atoms with E-state index in [0.717, 1.165) is 6.92 Å². The molecule has 0 bridgehead atoms. The fraction of sp³-hybridized carbons (Fsp3) is 0.364. The summed E-state index contributed by atoms with van der Waals surface area (Å²) in [7, 11) is 1.46. The van der Waals surface area contributed by atoms with Gasteiger partial charge in [0.05, 0.1) is 7.11 Å². The van der Waals surface area contributed by atoms with Gasteiger partial charge in [0.15, 0.2) is 0 Å². The van der Waals surface area contributed by atoms with Gasteiger partial charge in [-0.15, -0.1) is 0 Å². The van der Waals surface area contributed by atoms with Crippen molar-refractivity contribution in [3.63, 3.8) is 0 Å². The van der Waals surface area contributed by atoms with Crippen LogP contribution >= 0.6 is 0 Å². The molecule has 1 N–H and O–H groups in total. The lowest BCUT2D eigenvalue weighted by Crippen LogP contribution is -2.27. The first-order valence-electron chi connectivity index (χ1n) is 4.47. The third-order valence-electron chi connectivity index (χ3n) is 2.41. The molecule has 0 spiro atoms. The number of hydrogen-bond donors (Lipinski definition) is 1. The van der Waals surface area contributed by atoms with Crippen LogP contribution in [0, 0.1) is 6.92 Å². The Morgan fingerprint density at radius 1 is 1.53 bits per heavy atom. The Hall–Kier alpha value is -1.58. The van der Waals surface area contributed by atoms with Crippen LogP contribution in [0.2, 0.25) is 0 Å². The zero-order valence-electron chi connectivity index (χ0n) is 8.87.